The molecule has 0 spiro atoms. The van der Waals surface area contributed by atoms with Crippen molar-refractivity contribution in [3.63, 3.8) is 0 Å². The Morgan fingerprint density at radius 3 is 1.09 bits per heavy atom. The first-order chi connectivity index (χ1) is 34.5. The highest BCUT2D eigenvalue weighted by Gasteiger charge is 2.20. The molecule has 414 valence electrons. The molecular weight excluding hydrogens is 863 g/mol. The minimum atomic E-state index is -0.660. The van der Waals surface area contributed by atoms with Crippen molar-refractivity contribution in [1.82, 2.24) is 5.32 Å². The summed E-state index contributed by atoms with van der Waals surface area (Å²) < 4.78 is 5.47. The number of unbranched alkanes of at least 4 members (excludes halogenated alkanes) is 44. The zero-order valence-electron chi connectivity index (χ0n) is 47.3. The van der Waals surface area contributed by atoms with Gasteiger partial charge in [-0.25, -0.2) is 0 Å². The smallest absolute Gasteiger partial charge is 0.305 e. The van der Waals surface area contributed by atoms with E-state index in [0.29, 0.717) is 25.9 Å². The predicted molar refractivity (Wildman–Crippen MR) is 306 cm³/mol. The van der Waals surface area contributed by atoms with Crippen LogP contribution in [0.25, 0.3) is 0 Å². The van der Waals surface area contributed by atoms with Crippen LogP contribution in [0.2, 0.25) is 0 Å². The van der Waals surface area contributed by atoms with Crippen molar-refractivity contribution >= 4 is 11.9 Å². The summed E-state index contributed by atoms with van der Waals surface area (Å²) in [6, 6.07) is -0.537. The second-order valence-electron chi connectivity index (χ2n) is 21.7. The molecule has 6 heteroatoms. The minimum Gasteiger partial charge on any atom is -0.466 e. The molecule has 0 saturated carbocycles. The first-order valence-corrected chi connectivity index (χ1v) is 31.6. The van der Waals surface area contributed by atoms with Gasteiger partial charge in [0.15, 0.2) is 0 Å². The average Bonchev–Trinajstić information content (AvgIpc) is 3.36. The Labute approximate surface area is 437 Å². The quantitative estimate of drug-likeness (QED) is 0.0321. The van der Waals surface area contributed by atoms with E-state index < -0.39 is 12.1 Å². The van der Waals surface area contributed by atoms with Gasteiger partial charge in [0.2, 0.25) is 5.91 Å². The molecule has 3 N–H and O–H groups in total. The van der Waals surface area contributed by atoms with E-state index >= 15 is 0 Å². The Bertz CT molecular complexity index is 1090. The maximum atomic E-state index is 12.4. The Hall–Kier alpha value is -1.66. The van der Waals surface area contributed by atoms with Crippen molar-refractivity contribution in [3.05, 3.63) is 24.3 Å². The SMILES string of the molecule is CCCCCCCCCCCCCC(=O)OCCCCCCCCCCC/C=C\C/C=C\CCCCCCCCCCCCCCCCCCCC(=O)NC(CO)C(O)CCCCCCCCCCC. The number of allylic oxidation sites excluding steroid dienone is 4. The largest absolute Gasteiger partial charge is 0.466 e. The molecule has 1 amide bonds. The summed E-state index contributed by atoms with van der Waals surface area (Å²) in [6.07, 6.45) is 73.6. The molecule has 0 fully saturated rings. The Kier molecular flexibility index (Phi) is 58.5. The first kappa shape index (κ1) is 68.3. The summed E-state index contributed by atoms with van der Waals surface area (Å²) in [6.45, 7) is 4.94. The van der Waals surface area contributed by atoms with Crippen molar-refractivity contribution in [1.29, 1.82) is 0 Å². The van der Waals surface area contributed by atoms with Crippen LogP contribution in [0.3, 0.4) is 0 Å². The summed E-state index contributed by atoms with van der Waals surface area (Å²) in [5, 5.41) is 23.1. The summed E-state index contributed by atoms with van der Waals surface area (Å²) in [5.41, 5.74) is 0. The van der Waals surface area contributed by atoms with Crippen LogP contribution in [-0.4, -0.2) is 47.4 Å². The molecule has 0 rings (SSSR count). The van der Waals surface area contributed by atoms with Gasteiger partial charge in [0.1, 0.15) is 0 Å². The second kappa shape index (κ2) is 59.9. The fourth-order valence-corrected chi connectivity index (χ4v) is 9.91. The van der Waals surface area contributed by atoms with Gasteiger partial charge in [-0.1, -0.05) is 301 Å². The number of aliphatic hydroxyl groups is 2. The summed E-state index contributed by atoms with van der Waals surface area (Å²) >= 11 is 0. The third-order valence-corrected chi connectivity index (χ3v) is 14.8. The molecule has 0 aliphatic carbocycles. The maximum Gasteiger partial charge on any atom is 0.305 e. The number of ether oxygens (including phenoxy) is 1. The number of esters is 1. The van der Waals surface area contributed by atoms with Crippen LogP contribution in [0.4, 0.5) is 0 Å². The topological polar surface area (TPSA) is 95.9 Å². The van der Waals surface area contributed by atoms with Crippen LogP contribution >= 0.6 is 0 Å². The number of aliphatic hydroxyl groups excluding tert-OH is 2. The minimum absolute atomic E-state index is 0.0140. The molecule has 0 saturated heterocycles. The zero-order valence-corrected chi connectivity index (χ0v) is 47.3. The van der Waals surface area contributed by atoms with Crippen molar-refractivity contribution in [2.24, 2.45) is 0 Å². The third-order valence-electron chi connectivity index (χ3n) is 14.8. The molecule has 0 aromatic carbocycles. The highest BCUT2D eigenvalue weighted by Crippen LogP contribution is 2.18. The van der Waals surface area contributed by atoms with E-state index in [4.69, 9.17) is 4.74 Å². The number of carbonyl (C=O) groups is 2. The Morgan fingerprint density at radius 1 is 0.400 bits per heavy atom. The maximum absolute atomic E-state index is 12.4. The highest BCUT2D eigenvalue weighted by molar-refractivity contribution is 5.76. The van der Waals surface area contributed by atoms with Gasteiger partial charge < -0.3 is 20.3 Å². The van der Waals surface area contributed by atoms with Crippen LogP contribution in [0.5, 0.6) is 0 Å². The van der Waals surface area contributed by atoms with Crippen molar-refractivity contribution in [3.8, 4) is 0 Å². The van der Waals surface area contributed by atoms with Gasteiger partial charge in [-0.15, -0.1) is 0 Å². The van der Waals surface area contributed by atoms with Gasteiger partial charge in [-0.2, -0.15) is 0 Å². The summed E-state index contributed by atoms with van der Waals surface area (Å²) in [5.74, 6) is -0.0203. The molecule has 0 bridgehead atoms. The van der Waals surface area contributed by atoms with Gasteiger partial charge in [0.25, 0.3) is 0 Å². The second-order valence-corrected chi connectivity index (χ2v) is 21.7. The third kappa shape index (κ3) is 55.7. The van der Waals surface area contributed by atoms with Crippen LogP contribution in [0, 0.1) is 0 Å². The number of carbonyl (C=O) groups excluding carboxylic acids is 2. The lowest BCUT2D eigenvalue weighted by Gasteiger charge is -2.22. The number of amides is 1. The summed E-state index contributed by atoms with van der Waals surface area (Å²) in [4.78, 5) is 24.4. The Balaban J connectivity index is 3.35. The molecule has 0 aliphatic rings. The standard InChI is InChI=1S/C64H123NO5/c1-3-5-7-9-11-13-37-42-46-50-54-58-64(69)70-59-55-51-47-43-39-36-34-32-30-28-26-24-22-20-18-16-14-15-17-19-21-23-25-27-29-31-33-35-38-41-45-49-53-57-63(68)65-61(60-66)62(67)56-52-48-44-40-12-10-8-6-4-2/h18,20,24,26,61-62,66-67H,3-17,19,21-23,25,27-60H2,1-2H3,(H,65,68)/b20-18-,26-24-. The van der Waals surface area contributed by atoms with Gasteiger partial charge in [-0.05, 0) is 57.8 Å². The monoisotopic (exact) mass is 986 g/mol. The van der Waals surface area contributed by atoms with Crippen molar-refractivity contribution in [2.45, 2.75) is 360 Å². The van der Waals surface area contributed by atoms with E-state index in [-0.39, 0.29) is 18.5 Å². The van der Waals surface area contributed by atoms with E-state index in [1.807, 2.05) is 0 Å². The molecule has 0 aromatic rings. The summed E-state index contributed by atoms with van der Waals surface area (Å²) in [7, 11) is 0. The number of rotatable bonds is 59. The lowest BCUT2D eigenvalue weighted by molar-refractivity contribution is -0.143. The molecular formula is C64H123NO5. The Morgan fingerprint density at radius 2 is 0.714 bits per heavy atom. The lowest BCUT2D eigenvalue weighted by atomic mass is 10.0. The zero-order chi connectivity index (χ0) is 50.7. The van der Waals surface area contributed by atoms with Crippen LogP contribution < -0.4 is 5.32 Å². The van der Waals surface area contributed by atoms with Gasteiger partial charge in [0.05, 0.1) is 25.4 Å². The van der Waals surface area contributed by atoms with Crippen LogP contribution in [-0.2, 0) is 14.3 Å². The predicted octanol–water partition coefficient (Wildman–Crippen LogP) is 19.8. The van der Waals surface area contributed by atoms with Crippen LogP contribution in [0.15, 0.2) is 24.3 Å². The molecule has 6 nitrogen and oxygen atoms in total. The fraction of sp³-hybridized carbons (Fsp3) is 0.906. The first-order valence-electron chi connectivity index (χ1n) is 31.6. The molecule has 0 heterocycles. The normalized spacial score (nSPS) is 12.7. The molecule has 2 atom stereocenters. The van der Waals surface area contributed by atoms with E-state index in [1.165, 1.54) is 270 Å². The fourth-order valence-electron chi connectivity index (χ4n) is 9.91. The van der Waals surface area contributed by atoms with Crippen LogP contribution in [0.1, 0.15) is 348 Å². The molecule has 0 radical (unpaired) electrons. The number of nitrogens with one attached hydrogen (secondary N) is 1. The van der Waals surface area contributed by atoms with E-state index in [9.17, 15) is 19.8 Å². The number of hydrogen-bond acceptors (Lipinski definition) is 5. The number of hydrogen-bond donors (Lipinski definition) is 3. The molecule has 2 unspecified atom stereocenters. The van der Waals surface area contributed by atoms with Gasteiger partial charge in [0, 0.05) is 12.8 Å². The van der Waals surface area contributed by atoms with Gasteiger partial charge in [-0.3, -0.25) is 9.59 Å². The lowest BCUT2D eigenvalue weighted by Crippen LogP contribution is -2.45. The average molecular weight is 987 g/mol. The van der Waals surface area contributed by atoms with E-state index in [2.05, 4.69) is 43.5 Å². The van der Waals surface area contributed by atoms with E-state index in [0.717, 1.165) is 44.9 Å². The van der Waals surface area contributed by atoms with E-state index in [1.54, 1.807) is 0 Å². The molecule has 70 heavy (non-hydrogen) atoms. The van der Waals surface area contributed by atoms with Gasteiger partial charge >= 0.3 is 5.97 Å². The highest BCUT2D eigenvalue weighted by atomic mass is 16.5. The molecule has 0 aliphatic heterocycles. The van der Waals surface area contributed by atoms with Crippen molar-refractivity contribution in [2.75, 3.05) is 13.2 Å². The molecule has 0 aromatic heterocycles. The van der Waals surface area contributed by atoms with Crippen molar-refractivity contribution < 1.29 is 24.5 Å².